The Morgan fingerprint density at radius 1 is 1.39 bits per heavy atom. The van der Waals surface area contributed by atoms with Gasteiger partial charge in [0.1, 0.15) is 5.60 Å². The van der Waals surface area contributed by atoms with Crippen molar-refractivity contribution in [2.45, 2.75) is 64.7 Å². The highest BCUT2D eigenvalue weighted by molar-refractivity contribution is 5.68. The lowest BCUT2D eigenvalue weighted by Gasteiger charge is -2.37. The van der Waals surface area contributed by atoms with Gasteiger partial charge in [-0.2, -0.15) is 0 Å². The molecule has 1 aliphatic rings. The molecule has 6 heteroatoms. The normalized spacial score (nSPS) is 20.2. The van der Waals surface area contributed by atoms with Gasteiger partial charge in [-0.15, -0.1) is 0 Å². The van der Waals surface area contributed by atoms with Crippen LogP contribution in [0, 0.1) is 0 Å². The number of amides is 1. The smallest absolute Gasteiger partial charge is 0.410 e. The van der Waals surface area contributed by atoms with Crippen molar-refractivity contribution in [1.82, 2.24) is 14.9 Å². The van der Waals surface area contributed by atoms with Gasteiger partial charge in [0.25, 0.3) is 0 Å². The van der Waals surface area contributed by atoms with Crippen LogP contribution >= 0.6 is 0 Å². The van der Waals surface area contributed by atoms with Gasteiger partial charge in [-0.3, -0.25) is 9.97 Å². The maximum absolute atomic E-state index is 12.4. The molecule has 0 unspecified atom stereocenters. The molecule has 2 heterocycles. The highest BCUT2D eigenvalue weighted by atomic mass is 16.6. The van der Waals surface area contributed by atoms with E-state index in [1.165, 1.54) is 0 Å². The first-order valence-corrected chi connectivity index (χ1v) is 8.24. The van der Waals surface area contributed by atoms with E-state index in [1.807, 2.05) is 27.7 Å². The van der Waals surface area contributed by atoms with Gasteiger partial charge in [-0.05, 0) is 47.0 Å². The number of carbonyl (C=O) groups is 1. The number of nitrogens with zero attached hydrogens (tertiary/aromatic N) is 3. The van der Waals surface area contributed by atoms with E-state index in [0.717, 1.165) is 31.5 Å². The molecule has 1 fully saturated rings. The minimum absolute atomic E-state index is 0.0534. The summed E-state index contributed by atoms with van der Waals surface area (Å²) in [5, 5.41) is 0. The predicted molar refractivity (Wildman–Crippen MR) is 87.0 cm³/mol. The molecule has 2 atom stereocenters. The molecular formula is C17H27N3O3. The van der Waals surface area contributed by atoms with E-state index in [-0.39, 0.29) is 18.2 Å². The van der Waals surface area contributed by atoms with Crippen molar-refractivity contribution in [3.63, 3.8) is 0 Å². The number of hydrogen-bond donors (Lipinski definition) is 0. The van der Waals surface area contributed by atoms with Crippen LogP contribution in [0.2, 0.25) is 0 Å². The molecule has 1 aliphatic heterocycles. The summed E-state index contributed by atoms with van der Waals surface area (Å²) < 4.78 is 11.4. The number of likely N-dealkylation sites (tertiary alicyclic amines) is 1. The van der Waals surface area contributed by atoms with Gasteiger partial charge in [0.05, 0.1) is 30.6 Å². The summed E-state index contributed by atoms with van der Waals surface area (Å²) in [4.78, 5) is 22.5. The van der Waals surface area contributed by atoms with Crippen molar-refractivity contribution < 1.29 is 14.3 Å². The van der Waals surface area contributed by atoms with Gasteiger partial charge in [0, 0.05) is 18.9 Å². The second kappa shape index (κ2) is 7.73. The zero-order valence-corrected chi connectivity index (χ0v) is 14.5. The number of rotatable bonds is 4. The first-order valence-electron chi connectivity index (χ1n) is 8.24. The minimum Gasteiger partial charge on any atom is -0.444 e. The zero-order valence-electron chi connectivity index (χ0n) is 14.5. The summed E-state index contributed by atoms with van der Waals surface area (Å²) in [5.74, 6) is 0. The Hall–Kier alpha value is -1.69. The SMILES string of the molecule is C[C@H](OC[C@@H]1CCCCN1C(=O)OC(C)(C)C)c1cnccn1. The first kappa shape index (κ1) is 17.7. The fraction of sp³-hybridized carbons (Fsp3) is 0.706. The molecular weight excluding hydrogens is 294 g/mol. The van der Waals surface area contributed by atoms with Crippen molar-refractivity contribution in [3.05, 3.63) is 24.3 Å². The summed E-state index contributed by atoms with van der Waals surface area (Å²) in [7, 11) is 0. The molecule has 1 saturated heterocycles. The second-order valence-corrected chi connectivity index (χ2v) is 6.93. The molecule has 0 aliphatic carbocycles. The molecule has 0 spiro atoms. The standard InChI is InChI=1S/C17H27N3O3/c1-13(15-11-18-8-9-19-15)22-12-14-7-5-6-10-20(14)16(21)23-17(2,3)4/h8-9,11,13-14H,5-7,10,12H2,1-4H3/t13-,14-/m0/s1. The molecule has 6 nitrogen and oxygen atoms in total. The molecule has 2 rings (SSSR count). The largest absolute Gasteiger partial charge is 0.444 e. The monoisotopic (exact) mass is 321 g/mol. The second-order valence-electron chi connectivity index (χ2n) is 6.93. The van der Waals surface area contributed by atoms with E-state index < -0.39 is 5.60 Å². The number of piperidine rings is 1. The first-order chi connectivity index (χ1) is 10.9. The summed E-state index contributed by atoms with van der Waals surface area (Å²) in [6.45, 7) is 8.81. The Labute approximate surface area is 138 Å². The fourth-order valence-electron chi connectivity index (χ4n) is 2.60. The topological polar surface area (TPSA) is 64.5 Å². The van der Waals surface area contributed by atoms with Gasteiger partial charge in [0.2, 0.25) is 0 Å². The van der Waals surface area contributed by atoms with E-state index >= 15 is 0 Å². The van der Waals surface area contributed by atoms with Crippen LogP contribution in [0.25, 0.3) is 0 Å². The molecule has 1 aromatic heterocycles. The van der Waals surface area contributed by atoms with Crippen LogP contribution in [0.5, 0.6) is 0 Å². The van der Waals surface area contributed by atoms with E-state index in [4.69, 9.17) is 9.47 Å². The van der Waals surface area contributed by atoms with Crippen LogP contribution in [0.3, 0.4) is 0 Å². The molecule has 0 N–H and O–H groups in total. The number of hydrogen-bond acceptors (Lipinski definition) is 5. The maximum Gasteiger partial charge on any atom is 0.410 e. The van der Waals surface area contributed by atoms with Crippen molar-refractivity contribution in [2.24, 2.45) is 0 Å². The molecule has 0 radical (unpaired) electrons. The molecule has 1 amide bonds. The Balaban J connectivity index is 1.92. The van der Waals surface area contributed by atoms with Crippen LogP contribution in [0.1, 0.15) is 58.8 Å². The lowest BCUT2D eigenvalue weighted by atomic mass is 10.0. The van der Waals surface area contributed by atoms with Crippen LogP contribution in [0.4, 0.5) is 4.79 Å². The third-order valence-electron chi connectivity index (χ3n) is 3.79. The number of carbonyl (C=O) groups excluding carboxylic acids is 1. The lowest BCUT2D eigenvalue weighted by Crippen LogP contribution is -2.48. The minimum atomic E-state index is -0.479. The average Bonchev–Trinajstić information content (AvgIpc) is 2.52. The van der Waals surface area contributed by atoms with Crippen LogP contribution in [-0.4, -0.2) is 45.8 Å². The lowest BCUT2D eigenvalue weighted by molar-refractivity contribution is -0.0218. The number of aromatic nitrogens is 2. The molecule has 0 bridgehead atoms. The number of ether oxygens (including phenoxy) is 2. The van der Waals surface area contributed by atoms with Crippen molar-refractivity contribution in [1.29, 1.82) is 0 Å². The zero-order chi connectivity index (χ0) is 16.9. The van der Waals surface area contributed by atoms with Crippen molar-refractivity contribution >= 4 is 6.09 Å². The fourth-order valence-corrected chi connectivity index (χ4v) is 2.60. The van der Waals surface area contributed by atoms with Crippen LogP contribution in [0.15, 0.2) is 18.6 Å². The van der Waals surface area contributed by atoms with Crippen molar-refractivity contribution in [2.75, 3.05) is 13.2 Å². The average molecular weight is 321 g/mol. The van der Waals surface area contributed by atoms with Gasteiger partial charge in [0.15, 0.2) is 0 Å². The highest BCUT2D eigenvalue weighted by Crippen LogP contribution is 2.22. The molecule has 1 aromatic rings. The maximum atomic E-state index is 12.4. The third kappa shape index (κ3) is 5.46. The van der Waals surface area contributed by atoms with Crippen LogP contribution < -0.4 is 0 Å². The summed E-state index contributed by atoms with van der Waals surface area (Å²) in [6.07, 6.45) is 7.65. The summed E-state index contributed by atoms with van der Waals surface area (Å²) in [6, 6.07) is 0.0534. The predicted octanol–water partition coefficient (Wildman–Crippen LogP) is 3.34. The van der Waals surface area contributed by atoms with Crippen molar-refractivity contribution in [3.8, 4) is 0 Å². The van der Waals surface area contributed by atoms with Gasteiger partial charge in [-0.1, -0.05) is 0 Å². The Kier molecular flexibility index (Phi) is 5.93. The Morgan fingerprint density at radius 3 is 2.83 bits per heavy atom. The van der Waals surface area contributed by atoms with E-state index in [9.17, 15) is 4.79 Å². The van der Waals surface area contributed by atoms with E-state index in [2.05, 4.69) is 9.97 Å². The van der Waals surface area contributed by atoms with Crippen LogP contribution in [-0.2, 0) is 9.47 Å². The van der Waals surface area contributed by atoms with E-state index in [1.54, 1.807) is 23.5 Å². The molecule has 128 valence electrons. The molecule has 0 saturated carbocycles. The third-order valence-corrected chi connectivity index (χ3v) is 3.79. The molecule has 23 heavy (non-hydrogen) atoms. The van der Waals surface area contributed by atoms with E-state index in [0.29, 0.717) is 6.61 Å². The highest BCUT2D eigenvalue weighted by Gasteiger charge is 2.31. The Morgan fingerprint density at radius 2 is 2.17 bits per heavy atom. The quantitative estimate of drug-likeness (QED) is 0.851. The van der Waals surface area contributed by atoms with Gasteiger partial charge >= 0.3 is 6.09 Å². The van der Waals surface area contributed by atoms with Gasteiger partial charge in [-0.25, -0.2) is 4.79 Å². The summed E-state index contributed by atoms with van der Waals surface area (Å²) in [5.41, 5.74) is 0.319. The van der Waals surface area contributed by atoms with Gasteiger partial charge < -0.3 is 14.4 Å². The molecule has 0 aromatic carbocycles. The Bertz CT molecular complexity index is 502. The summed E-state index contributed by atoms with van der Waals surface area (Å²) >= 11 is 0.